The highest BCUT2D eigenvalue weighted by molar-refractivity contribution is 7.73. The first-order chi connectivity index (χ1) is 12.5. The van der Waals surface area contributed by atoms with E-state index in [1.807, 2.05) is 0 Å². The second kappa shape index (κ2) is 7.94. The second-order valence-corrected chi connectivity index (χ2v) is 7.55. The third kappa shape index (κ3) is 3.92. The molecule has 0 spiro atoms. The van der Waals surface area contributed by atoms with Crippen molar-refractivity contribution in [1.29, 1.82) is 0 Å². The maximum atomic E-state index is 12.6. The normalized spacial score (nSPS) is 10.8. The SMILES string of the molecule is C=CCn1c(=S)sc2c(=O)n(CCC(=O)Nc3cccc(Cl)c3)cnc21. The van der Waals surface area contributed by atoms with E-state index in [9.17, 15) is 9.59 Å². The molecule has 1 N–H and O–H groups in total. The molecule has 6 nitrogen and oxygen atoms in total. The highest BCUT2D eigenvalue weighted by Crippen LogP contribution is 2.18. The van der Waals surface area contributed by atoms with Crippen LogP contribution in [0.2, 0.25) is 5.02 Å². The third-order valence-electron chi connectivity index (χ3n) is 3.64. The van der Waals surface area contributed by atoms with Gasteiger partial charge in [-0.3, -0.25) is 14.2 Å². The van der Waals surface area contributed by atoms with Crippen molar-refractivity contribution in [2.45, 2.75) is 19.5 Å². The molecule has 0 radical (unpaired) electrons. The quantitative estimate of drug-likeness (QED) is 0.498. The van der Waals surface area contributed by atoms with Crippen molar-refractivity contribution in [3.8, 4) is 0 Å². The second-order valence-electron chi connectivity index (χ2n) is 5.47. The molecule has 9 heteroatoms. The van der Waals surface area contributed by atoms with Crippen LogP contribution < -0.4 is 10.9 Å². The number of anilines is 1. The predicted molar refractivity (Wildman–Crippen MR) is 108 cm³/mol. The fourth-order valence-electron chi connectivity index (χ4n) is 2.43. The number of carbonyl (C=O) groups excluding carboxylic acids is 1. The molecule has 1 aromatic carbocycles. The van der Waals surface area contributed by atoms with Crippen LogP contribution in [0.4, 0.5) is 5.69 Å². The number of amides is 1. The van der Waals surface area contributed by atoms with Crippen molar-refractivity contribution < 1.29 is 4.79 Å². The van der Waals surface area contributed by atoms with Crippen LogP contribution in [-0.2, 0) is 17.9 Å². The van der Waals surface area contributed by atoms with Crippen LogP contribution in [0.1, 0.15) is 6.42 Å². The minimum atomic E-state index is -0.212. The van der Waals surface area contributed by atoms with E-state index in [4.69, 9.17) is 23.8 Å². The molecule has 2 aromatic heterocycles. The standard InChI is InChI=1S/C17H15ClN4O2S2/c1-2-7-22-15-14(26-17(22)25)16(24)21(10-19-15)8-6-13(23)20-12-5-3-4-11(18)9-12/h2-5,9-10H,1,6-8H2,(H,20,23). The van der Waals surface area contributed by atoms with Gasteiger partial charge in [0.1, 0.15) is 4.70 Å². The summed E-state index contributed by atoms with van der Waals surface area (Å²) in [6.07, 6.45) is 3.28. The highest BCUT2D eigenvalue weighted by atomic mass is 35.5. The van der Waals surface area contributed by atoms with E-state index in [1.54, 1.807) is 34.9 Å². The topological polar surface area (TPSA) is 68.9 Å². The zero-order chi connectivity index (χ0) is 18.7. The Labute approximate surface area is 163 Å². The van der Waals surface area contributed by atoms with Crippen molar-refractivity contribution in [2.24, 2.45) is 0 Å². The van der Waals surface area contributed by atoms with Gasteiger partial charge in [0.05, 0.1) is 6.33 Å². The predicted octanol–water partition coefficient (Wildman–Crippen LogP) is 3.86. The van der Waals surface area contributed by atoms with Gasteiger partial charge in [-0.1, -0.05) is 35.1 Å². The van der Waals surface area contributed by atoms with Crippen molar-refractivity contribution in [2.75, 3.05) is 5.32 Å². The van der Waals surface area contributed by atoms with Gasteiger partial charge in [-0.2, -0.15) is 0 Å². The van der Waals surface area contributed by atoms with Gasteiger partial charge in [-0.15, -0.1) is 6.58 Å². The Hall–Kier alpha value is -2.29. The molecule has 3 aromatic rings. The Morgan fingerprint density at radius 1 is 1.46 bits per heavy atom. The average molecular weight is 407 g/mol. The Morgan fingerprint density at radius 2 is 2.27 bits per heavy atom. The van der Waals surface area contributed by atoms with Crippen LogP contribution in [0.5, 0.6) is 0 Å². The fourth-order valence-corrected chi connectivity index (χ4v) is 3.94. The average Bonchev–Trinajstić information content (AvgIpc) is 2.92. The number of hydrogen-bond donors (Lipinski definition) is 1. The Kier molecular flexibility index (Phi) is 5.65. The summed E-state index contributed by atoms with van der Waals surface area (Å²) in [5, 5.41) is 3.29. The van der Waals surface area contributed by atoms with E-state index in [0.717, 1.165) is 0 Å². The van der Waals surface area contributed by atoms with Gasteiger partial charge in [0.15, 0.2) is 9.60 Å². The number of fused-ring (bicyclic) bond motifs is 1. The van der Waals surface area contributed by atoms with Crippen molar-refractivity contribution >= 4 is 57.1 Å². The molecule has 0 bridgehead atoms. The molecule has 0 aliphatic heterocycles. The first-order valence-corrected chi connectivity index (χ1v) is 9.35. The molecule has 0 saturated heterocycles. The molecule has 0 fully saturated rings. The Balaban J connectivity index is 1.76. The lowest BCUT2D eigenvalue weighted by Crippen LogP contribution is -2.23. The lowest BCUT2D eigenvalue weighted by molar-refractivity contribution is -0.116. The molecule has 134 valence electrons. The molecule has 26 heavy (non-hydrogen) atoms. The van der Waals surface area contributed by atoms with Gasteiger partial charge in [0.2, 0.25) is 5.91 Å². The number of halogens is 1. The Morgan fingerprint density at radius 3 is 3.00 bits per heavy atom. The number of carbonyl (C=O) groups is 1. The van der Waals surface area contributed by atoms with Crippen molar-refractivity contribution in [3.05, 3.63) is 62.6 Å². The Bertz CT molecular complexity index is 1100. The van der Waals surface area contributed by atoms with Gasteiger partial charge >= 0.3 is 0 Å². The summed E-state index contributed by atoms with van der Waals surface area (Å²) in [6.45, 7) is 4.41. The van der Waals surface area contributed by atoms with E-state index in [1.165, 1.54) is 22.2 Å². The number of thiazole rings is 1. The van der Waals surface area contributed by atoms with Gasteiger partial charge in [-0.05, 0) is 30.4 Å². The van der Waals surface area contributed by atoms with E-state index < -0.39 is 0 Å². The lowest BCUT2D eigenvalue weighted by Gasteiger charge is -2.07. The number of nitrogens with one attached hydrogen (secondary N) is 1. The zero-order valence-electron chi connectivity index (χ0n) is 13.6. The van der Waals surface area contributed by atoms with Crippen LogP contribution in [0.3, 0.4) is 0 Å². The smallest absolute Gasteiger partial charge is 0.272 e. The summed E-state index contributed by atoms with van der Waals surface area (Å²) in [7, 11) is 0. The number of rotatable bonds is 6. The molecule has 1 amide bonds. The zero-order valence-corrected chi connectivity index (χ0v) is 16.0. The molecular weight excluding hydrogens is 392 g/mol. The number of nitrogens with zero attached hydrogens (tertiary/aromatic N) is 3. The number of hydrogen-bond acceptors (Lipinski definition) is 5. The molecule has 3 rings (SSSR count). The van der Waals surface area contributed by atoms with Crippen LogP contribution >= 0.6 is 35.2 Å². The van der Waals surface area contributed by atoms with Crippen molar-refractivity contribution in [3.63, 3.8) is 0 Å². The number of allylic oxidation sites excluding steroid dienone is 1. The summed E-state index contributed by atoms with van der Waals surface area (Å²) in [5.74, 6) is -0.212. The molecule has 0 saturated carbocycles. The first kappa shape index (κ1) is 18.5. The minimum Gasteiger partial charge on any atom is -0.326 e. The van der Waals surface area contributed by atoms with Crippen molar-refractivity contribution in [1.82, 2.24) is 14.1 Å². The monoisotopic (exact) mass is 406 g/mol. The van der Waals surface area contributed by atoms with E-state index in [-0.39, 0.29) is 24.4 Å². The van der Waals surface area contributed by atoms with Gasteiger partial charge < -0.3 is 9.88 Å². The number of aromatic nitrogens is 3. The summed E-state index contributed by atoms with van der Waals surface area (Å²) in [4.78, 5) is 29.0. The van der Waals surface area contributed by atoms with E-state index >= 15 is 0 Å². The molecule has 0 unspecified atom stereocenters. The molecule has 0 atom stereocenters. The van der Waals surface area contributed by atoms with Gasteiger partial charge in [0.25, 0.3) is 5.56 Å². The van der Waals surface area contributed by atoms with E-state index in [0.29, 0.717) is 31.6 Å². The van der Waals surface area contributed by atoms with Crippen LogP contribution in [0.25, 0.3) is 10.3 Å². The third-order valence-corrected chi connectivity index (χ3v) is 5.30. The summed E-state index contributed by atoms with van der Waals surface area (Å²) in [5.41, 5.74) is 0.955. The maximum Gasteiger partial charge on any atom is 0.272 e. The maximum absolute atomic E-state index is 12.6. The highest BCUT2D eigenvalue weighted by Gasteiger charge is 2.12. The summed E-state index contributed by atoms with van der Waals surface area (Å²) < 4.78 is 4.24. The lowest BCUT2D eigenvalue weighted by atomic mass is 10.3. The first-order valence-electron chi connectivity index (χ1n) is 7.74. The molecule has 2 heterocycles. The van der Waals surface area contributed by atoms with Crippen LogP contribution in [0.15, 0.2) is 48.0 Å². The largest absolute Gasteiger partial charge is 0.326 e. The number of benzene rings is 1. The van der Waals surface area contributed by atoms with Crippen LogP contribution in [0, 0.1) is 3.95 Å². The summed E-state index contributed by atoms with van der Waals surface area (Å²) >= 11 is 12.4. The van der Waals surface area contributed by atoms with Gasteiger partial charge in [0, 0.05) is 30.2 Å². The molecular formula is C17H15ClN4O2S2. The number of aryl methyl sites for hydroxylation is 1. The molecule has 0 aliphatic carbocycles. The molecule has 0 aliphatic rings. The fraction of sp³-hybridized carbons (Fsp3) is 0.176. The van der Waals surface area contributed by atoms with Gasteiger partial charge in [-0.25, -0.2) is 4.98 Å². The minimum absolute atomic E-state index is 0.137. The summed E-state index contributed by atoms with van der Waals surface area (Å²) in [6, 6.07) is 6.89. The van der Waals surface area contributed by atoms with E-state index in [2.05, 4.69) is 16.9 Å². The van der Waals surface area contributed by atoms with Crippen LogP contribution in [-0.4, -0.2) is 20.0 Å².